The molecule has 0 spiro atoms. The number of nitriles is 1. The molecule has 3 fully saturated rings. The van der Waals surface area contributed by atoms with Crippen molar-refractivity contribution in [3.63, 3.8) is 0 Å². The number of fused-ring (bicyclic) bond motifs is 1. The van der Waals surface area contributed by atoms with Gasteiger partial charge in [0.1, 0.15) is 18.1 Å². The molecule has 4 amide bonds. The van der Waals surface area contributed by atoms with Crippen molar-refractivity contribution in [2.45, 2.75) is 90.0 Å². The molecule has 0 radical (unpaired) electrons. The molecule has 3 N–H and O–H groups in total. The number of halogens is 5. The zero-order valence-electron chi connectivity index (χ0n) is 22.1. The molecular weight excluding hydrogens is 533 g/mol. The standard InChI is InChI=1S/C24H32F5N5O5/c1-10(39-21(25)26)15(32-20(38)24(27,28)29)19(37)34-9-13-14(23(13,4)5)16(34)18(36)31-12(8-30)6-11-7-22(2,3)33-17(11)35/h10-16,21H,6-7,9H2,1-5H3,(H,31,36)(H,32,38)(H,33,35)/t10-,11-,12+,13+,14+,15+,16+/m1/s1. The number of amides is 4. The summed E-state index contributed by atoms with van der Waals surface area (Å²) in [6.07, 6.45) is -6.85. The second-order valence-electron chi connectivity index (χ2n) is 11.6. The van der Waals surface area contributed by atoms with Crippen LogP contribution in [0, 0.1) is 34.5 Å². The Labute approximate surface area is 222 Å². The van der Waals surface area contributed by atoms with E-state index in [2.05, 4.69) is 15.4 Å². The van der Waals surface area contributed by atoms with Crippen molar-refractivity contribution in [2.24, 2.45) is 23.2 Å². The van der Waals surface area contributed by atoms with Crippen molar-refractivity contribution in [2.75, 3.05) is 6.54 Å². The summed E-state index contributed by atoms with van der Waals surface area (Å²) in [4.78, 5) is 51.6. The van der Waals surface area contributed by atoms with Crippen LogP contribution >= 0.6 is 0 Å². The highest BCUT2D eigenvalue weighted by molar-refractivity contribution is 5.95. The Balaban J connectivity index is 1.82. The number of carbonyl (C=O) groups excluding carboxylic acids is 4. The number of rotatable bonds is 9. The molecule has 1 aliphatic carbocycles. The third-order valence-electron chi connectivity index (χ3n) is 7.94. The average Bonchev–Trinajstić information content (AvgIpc) is 3.09. The average molecular weight is 566 g/mol. The Bertz CT molecular complexity index is 1060. The fourth-order valence-corrected chi connectivity index (χ4v) is 5.91. The van der Waals surface area contributed by atoms with Crippen molar-refractivity contribution in [3.8, 4) is 6.07 Å². The number of hydrogen-bond donors (Lipinski definition) is 3. The van der Waals surface area contributed by atoms with Gasteiger partial charge < -0.3 is 25.6 Å². The molecular formula is C24H32F5N5O5. The van der Waals surface area contributed by atoms with E-state index in [4.69, 9.17) is 0 Å². The molecule has 15 heteroatoms. The van der Waals surface area contributed by atoms with Gasteiger partial charge in [-0.2, -0.15) is 27.2 Å². The third kappa shape index (κ3) is 6.42. The summed E-state index contributed by atoms with van der Waals surface area (Å²) in [5, 5.41) is 16.4. The van der Waals surface area contributed by atoms with Gasteiger partial charge in [-0.25, -0.2) is 0 Å². The fourth-order valence-electron chi connectivity index (χ4n) is 5.91. The minimum Gasteiger partial charge on any atom is -0.351 e. The van der Waals surface area contributed by atoms with E-state index in [1.54, 1.807) is 0 Å². The van der Waals surface area contributed by atoms with Crippen LogP contribution in [0.25, 0.3) is 0 Å². The second-order valence-corrected chi connectivity index (χ2v) is 11.6. The summed E-state index contributed by atoms with van der Waals surface area (Å²) >= 11 is 0. The predicted molar refractivity (Wildman–Crippen MR) is 123 cm³/mol. The summed E-state index contributed by atoms with van der Waals surface area (Å²) in [6, 6.07) is -2.59. The predicted octanol–water partition coefficient (Wildman–Crippen LogP) is 1.46. The van der Waals surface area contributed by atoms with Crippen LogP contribution in [0.15, 0.2) is 0 Å². The summed E-state index contributed by atoms with van der Waals surface area (Å²) in [5.41, 5.74) is -0.912. The molecule has 0 aromatic carbocycles. The highest BCUT2D eigenvalue weighted by Crippen LogP contribution is 2.65. The van der Waals surface area contributed by atoms with Gasteiger partial charge in [-0.1, -0.05) is 13.8 Å². The summed E-state index contributed by atoms with van der Waals surface area (Å²) < 4.78 is 68.7. The highest BCUT2D eigenvalue weighted by Gasteiger charge is 2.69. The molecule has 0 aromatic heterocycles. The lowest BCUT2D eigenvalue weighted by Crippen LogP contribution is -2.61. The molecule has 1 saturated carbocycles. The highest BCUT2D eigenvalue weighted by atomic mass is 19.4. The van der Waals surface area contributed by atoms with Crippen molar-refractivity contribution in [3.05, 3.63) is 0 Å². The molecule has 3 rings (SSSR count). The minimum absolute atomic E-state index is 0.000808. The molecule has 10 nitrogen and oxygen atoms in total. The van der Waals surface area contributed by atoms with Crippen LogP contribution in [-0.4, -0.2) is 77.6 Å². The number of hydrogen-bond acceptors (Lipinski definition) is 6. The van der Waals surface area contributed by atoms with E-state index in [1.807, 2.05) is 33.8 Å². The Morgan fingerprint density at radius 3 is 2.31 bits per heavy atom. The molecule has 218 valence electrons. The molecule has 3 aliphatic rings. The maximum atomic E-state index is 13.4. The minimum atomic E-state index is -5.41. The summed E-state index contributed by atoms with van der Waals surface area (Å²) in [7, 11) is 0. The number of alkyl halides is 5. The lowest BCUT2D eigenvalue weighted by Gasteiger charge is -2.35. The third-order valence-corrected chi connectivity index (χ3v) is 7.94. The molecule has 0 bridgehead atoms. The zero-order valence-corrected chi connectivity index (χ0v) is 22.1. The van der Waals surface area contributed by atoms with Gasteiger partial charge in [-0.05, 0) is 50.9 Å². The number of carbonyl (C=O) groups is 4. The second kappa shape index (κ2) is 10.5. The van der Waals surface area contributed by atoms with Crippen LogP contribution in [0.1, 0.15) is 47.5 Å². The van der Waals surface area contributed by atoms with Gasteiger partial charge >= 0.3 is 18.7 Å². The molecule has 39 heavy (non-hydrogen) atoms. The summed E-state index contributed by atoms with van der Waals surface area (Å²) in [6.45, 7) is 4.68. The lowest BCUT2D eigenvalue weighted by atomic mass is 9.91. The van der Waals surface area contributed by atoms with Crippen molar-refractivity contribution in [1.82, 2.24) is 20.9 Å². The van der Waals surface area contributed by atoms with Gasteiger partial charge in [-0.3, -0.25) is 19.2 Å². The Hall–Kier alpha value is -3.02. The quantitative estimate of drug-likeness (QED) is 0.362. The molecule has 0 aromatic rings. The van der Waals surface area contributed by atoms with E-state index in [-0.39, 0.29) is 24.8 Å². The SMILES string of the molecule is C[C@@H](OC(F)F)[C@H](NC(=O)C(F)(F)F)C(=O)N1C[C@H]2[C@@H]([C@H]1C(=O)N[C@H](C#N)C[C@@H]1CC(C)(C)NC1=O)C2(C)C. The number of piperidine rings is 1. The Morgan fingerprint density at radius 1 is 1.21 bits per heavy atom. The van der Waals surface area contributed by atoms with Gasteiger partial charge in [0, 0.05) is 18.0 Å². The van der Waals surface area contributed by atoms with Crippen LogP contribution in [0.4, 0.5) is 22.0 Å². The van der Waals surface area contributed by atoms with Crippen LogP contribution in [0.3, 0.4) is 0 Å². The first-order chi connectivity index (χ1) is 17.8. The number of nitrogens with zero attached hydrogens (tertiary/aromatic N) is 2. The van der Waals surface area contributed by atoms with Gasteiger partial charge in [0.25, 0.3) is 0 Å². The summed E-state index contributed by atoms with van der Waals surface area (Å²) in [5.74, 6) is -5.98. The van der Waals surface area contributed by atoms with E-state index in [9.17, 15) is 46.4 Å². The van der Waals surface area contributed by atoms with Crippen LogP contribution in [0.2, 0.25) is 0 Å². The molecule has 2 aliphatic heterocycles. The van der Waals surface area contributed by atoms with Gasteiger partial charge in [0.05, 0.1) is 12.2 Å². The first-order valence-corrected chi connectivity index (χ1v) is 12.4. The van der Waals surface area contributed by atoms with Gasteiger partial charge in [0.15, 0.2) is 0 Å². The van der Waals surface area contributed by atoms with E-state index >= 15 is 0 Å². The molecule has 2 heterocycles. The van der Waals surface area contributed by atoms with E-state index in [0.29, 0.717) is 6.42 Å². The van der Waals surface area contributed by atoms with Gasteiger partial charge in [-0.15, -0.1) is 0 Å². The normalized spacial score (nSPS) is 29.1. The first-order valence-electron chi connectivity index (χ1n) is 12.4. The maximum Gasteiger partial charge on any atom is 0.471 e. The molecule has 2 saturated heterocycles. The largest absolute Gasteiger partial charge is 0.471 e. The van der Waals surface area contributed by atoms with E-state index in [1.165, 1.54) is 5.32 Å². The monoisotopic (exact) mass is 565 g/mol. The fraction of sp³-hybridized carbons (Fsp3) is 0.792. The van der Waals surface area contributed by atoms with Crippen LogP contribution < -0.4 is 16.0 Å². The van der Waals surface area contributed by atoms with Crippen LogP contribution in [0.5, 0.6) is 0 Å². The smallest absolute Gasteiger partial charge is 0.351 e. The van der Waals surface area contributed by atoms with Crippen molar-refractivity contribution >= 4 is 23.6 Å². The van der Waals surface area contributed by atoms with Crippen LogP contribution in [-0.2, 0) is 23.9 Å². The van der Waals surface area contributed by atoms with Crippen molar-refractivity contribution in [1.29, 1.82) is 5.26 Å². The van der Waals surface area contributed by atoms with Crippen molar-refractivity contribution < 1.29 is 45.9 Å². The maximum absolute atomic E-state index is 13.4. The lowest BCUT2D eigenvalue weighted by molar-refractivity contribution is -0.185. The van der Waals surface area contributed by atoms with E-state index in [0.717, 1.165) is 11.8 Å². The Kier molecular flexibility index (Phi) is 8.23. The Morgan fingerprint density at radius 2 is 1.82 bits per heavy atom. The topological polar surface area (TPSA) is 141 Å². The molecule has 7 atom stereocenters. The number of nitrogens with one attached hydrogen (secondary N) is 3. The number of ether oxygens (including phenoxy) is 1. The molecule has 0 unspecified atom stereocenters. The zero-order chi connectivity index (χ0) is 29.7. The number of likely N-dealkylation sites (tertiary alicyclic amines) is 1. The van der Waals surface area contributed by atoms with Gasteiger partial charge in [0.2, 0.25) is 17.7 Å². The van der Waals surface area contributed by atoms with E-state index < -0.39 is 77.5 Å². The first kappa shape index (κ1) is 30.5.